The molecule has 1 aromatic carbocycles. The second-order valence-corrected chi connectivity index (χ2v) is 6.93. The van der Waals surface area contributed by atoms with E-state index in [0.717, 1.165) is 30.6 Å². The number of nitrogens with zero attached hydrogens (tertiary/aromatic N) is 3. The fourth-order valence-corrected chi connectivity index (χ4v) is 3.57. The molecule has 1 unspecified atom stereocenters. The number of hydrogen-bond acceptors (Lipinski definition) is 3. The molecule has 25 heavy (non-hydrogen) atoms. The molecule has 4 nitrogen and oxygen atoms in total. The molecule has 2 aromatic rings. The van der Waals surface area contributed by atoms with Crippen molar-refractivity contribution in [3.63, 3.8) is 0 Å². The molecule has 1 aliphatic rings. The second-order valence-electron chi connectivity index (χ2n) is 6.93. The first-order chi connectivity index (χ1) is 12.0. The Kier molecular flexibility index (Phi) is 5.54. The van der Waals surface area contributed by atoms with Crippen molar-refractivity contribution in [2.45, 2.75) is 58.2 Å². The van der Waals surface area contributed by atoms with Gasteiger partial charge < -0.3 is 5.11 Å². The number of aliphatic hydroxyl groups excluding tert-OH is 1. The molecule has 0 bridgehead atoms. The summed E-state index contributed by atoms with van der Waals surface area (Å²) in [5.74, 6) is -0.273. The molecule has 5 heteroatoms. The van der Waals surface area contributed by atoms with Gasteiger partial charge in [-0.2, -0.15) is 5.10 Å². The Morgan fingerprint density at radius 1 is 1.24 bits per heavy atom. The van der Waals surface area contributed by atoms with Crippen molar-refractivity contribution in [1.82, 2.24) is 14.7 Å². The Balaban J connectivity index is 1.77. The van der Waals surface area contributed by atoms with Crippen LogP contribution >= 0.6 is 0 Å². The SMILES string of the molecule is CCc1nn(C)c(CC)c1CN(CC(O)c1ccc(F)cc1)C1CC1. The second kappa shape index (κ2) is 7.67. The minimum Gasteiger partial charge on any atom is -0.387 e. The summed E-state index contributed by atoms with van der Waals surface area (Å²) < 4.78 is 15.1. The van der Waals surface area contributed by atoms with Gasteiger partial charge in [-0.1, -0.05) is 26.0 Å². The summed E-state index contributed by atoms with van der Waals surface area (Å²) in [5, 5.41) is 15.3. The molecule has 0 saturated heterocycles. The number of rotatable bonds is 8. The number of halogens is 1. The zero-order chi connectivity index (χ0) is 18.0. The monoisotopic (exact) mass is 345 g/mol. The Morgan fingerprint density at radius 3 is 2.48 bits per heavy atom. The lowest BCUT2D eigenvalue weighted by molar-refractivity contribution is 0.104. The maximum atomic E-state index is 13.1. The van der Waals surface area contributed by atoms with Gasteiger partial charge in [-0.25, -0.2) is 4.39 Å². The lowest BCUT2D eigenvalue weighted by Crippen LogP contribution is -2.31. The average Bonchev–Trinajstić information content (AvgIpc) is 3.39. The predicted octanol–water partition coefficient (Wildman–Crippen LogP) is 3.38. The van der Waals surface area contributed by atoms with Crippen molar-refractivity contribution in [2.24, 2.45) is 7.05 Å². The van der Waals surface area contributed by atoms with E-state index in [2.05, 4.69) is 23.8 Å². The molecule has 1 N–H and O–H groups in total. The van der Waals surface area contributed by atoms with Crippen LogP contribution in [0.4, 0.5) is 4.39 Å². The highest BCUT2D eigenvalue weighted by Gasteiger charge is 2.32. The Bertz CT molecular complexity index is 706. The van der Waals surface area contributed by atoms with Gasteiger partial charge in [-0.15, -0.1) is 0 Å². The third-order valence-corrected chi connectivity index (χ3v) is 5.11. The van der Waals surface area contributed by atoms with E-state index in [-0.39, 0.29) is 5.82 Å². The fourth-order valence-electron chi connectivity index (χ4n) is 3.57. The van der Waals surface area contributed by atoms with Gasteiger partial charge >= 0.3 is 0 Å². The molecule has 1 aliphatic carbocycles. The molecule has 0 aliphatic heterocycles. The first-order valence-electron chi connectivity index (χ1n) is 9.24. The van der Waals surface area contributed by atoms with Crippen molar-refractivity contribution in [3.05, 3.63) is 52.6 Å². The van der Waals surface area contributed by atoms with E-state index in [1.165, 1.54) is 36.2 Å². The molecular weight excluding hydrogens is 317 g/mol. The zero-order valence-corrected chi connectivity index (χ0v) is 15.4. The molecule has 0 radical (unpaired) electrons. The van der Waals surface area contributed by atoms with Crippen LogP contribution in [0.15, 0.2) is 24.3 Å². The summed E-state index contributed by atoms with van der Waals surface area (Å²) in [7, 11) is 2.01. The summed E-state index contributed by atoms with van der Waals surface area (Å²) in [5.41, 5.74) is 4.51. The highest BCUT2D eigenvalue weighted by atomic mass is 19.1. The molecule has 1 atom stereocenters. The van der Waals surface area contributed by atoms with Gasteiger partial charge in [-0.3, -0.25) is 9.58 Å². The van der Waals surface area contributed by atoms with Gasteiger partial charge in [0.25, 0.3) is 0 Å². The number of aromatic nitrogens is 2. The number of benzene rings is 1. The number of aryl methyl sites for hydroxylation is 2. The van der Waals surface area contributed by atoms with Gasteiger partial charge in [0.2, 0.25) is 0 Å². The number of hydrogen-bond donors (Lipinski definition) is 1. The highest BCUT2D eigenvalue weighted by molar-refractivity contribution is 5.27. The molecule has 3 rings (SSSR count). The Labute approximate surface area is 149 Å². The molecule has 1 heterocycles. The first kappa shape index (κ1) is 18.1. The maximum absolute atomic E-state index is 13.1. The summed E-state index contributed by atoms with van der Waals surface area (Å²) in [4.78, 5) is 2.36. The van der Waals surface area contributed by atoms with Gasteiger partial charge in [0, 0.05) is 37.4 Å². The van der Waals surface area contributed by atoms with Crippen LogP contribution < -0.4 is 0 Å². The van der Waals surface area contributed by atoms with Crippen LogP contribution in [0.2, 0.25) is 0 Å². The van der Waals surface area contributed by atoms with Crippen molar-refractivity contribution in [2.75, 3.05) is 6.54 Å². The van der Waals surface area contributed by atoms with Gasteiger partial charge in [0.05, 0.1) is 11.8 Å². The van der Waals surface area contributed by atoms with E-state index in [1.807, 2.05) is 11.7 Å². The quantitative estimate of drug-likeness (QED) is 0.797. The fraction of sp³-hybridized carbons (Fsp3) is 0.550. The van der Waals surface area contributed by atoms with E-state index in [1.54, 1.807) is 12.1 Å². The van der Waals surface area contributed by atoms with Crippen LogP contribution in [0.5, 0.6) is 0 Å². The molecule has 1 fully saturated rings. The van der Waals surface area contributed by atoms with E-state index >= 15 is 0 Å². The van der Waals surface area contributed by atoms with Gasteiger partial charge in [0.1, 0.15) is 5.82 Å². The molecular formula is C20H28FN3O. The molecule has 0 amide bonds. The van der Waals surface area contributed by atoms with Crippen LogP contribution in [0.3, 0.4) is 0 Å². The van der Waals surface area contributed by atoms with Crippen LogP contribution in [0.1, 0.15) is 55.3 Å². The third kappa shape index (κ3) is 4.10. The summed E-state index contributed by atoms with van der Waals surface area (Å²) in [6, 6.07) is 6.69. The summed E-state index contributed by atoms with van der Waals surface area (Å²) in [6.07, 6.45) is 3.63. The van der Waals surface area contributed by atoms with Crippen LogP contribution in [-0.4, -0.2) is 32.4 Å². The molecule has 136 valence electrons. The largest absolute Gasteiger partial charge is 0.387 e. The van der Waals surface area contributed by atoms with Crippen LogP contribution in [0.25, 0.3) is 0 Å². The standard InChI is InChI=1S/C20H28FN3O/c1-4-18-17(19(5-2)23(3)22-18)12-24(16-10-11-16)13-20(25)14-6-8-15(21)9-7-14/h6-9,16,20,25H,4-5,10-13H2,1-3H3. The minimum absolute atomic E-state index is 0.273. The summed E-state index contributed by atoms with van der Waals surface area (Å²) in [6.45, 7) is 5.69. The van der Waals surface area contributed by atoms with Crippen molar-refractivity contribution < 1.29 is 9.50 Å². The highest BCUT2D eigenvalue weighted by Crippen LogP contribution is 2.31. The first-order valence-corrected chi connectivity index (χ1v) is 9.24. The summed E-state index contributed by atoms with van der Waals surface area (Å²) >= 11 is 0. The topological polar surface area (TPSA) is 41.3 Å². The van der Waals surface area contributed by atoms with Crippen molar-refractivity contribution in [3.8, 4) is 0 Å². The smallest absolute Gasteiger partial charge is 0.123 e. The van der Waals surface area contributed by atoms with E-state index in [0.29, 0.717) is 12.6 Å². The van der Waals surface area contributed by atoms with E-state index in [9.17, 15) is 9.50 Å². The van der Waals surface area contributed by atoms with E-state index in [4.69, 9.17) is 0 Å². The van der Waals surface area contributed by atoms with Gasteiger partial charge in [0.15, 0.2) is 0 Å². The number of aliphatic hydroxyl groups is 1. The minimum atomic E-state index is -0.604. The molecule has 1 aromatic heterocycles. The Morgan fingerprint density at radius 2 is 1.92 bits per heavy atom. The van der Waals surface area contributed by atoms with Gasteiger partial charge in [-0.05, 0) is 43.4 Å². The van der Waals surface area contributed by atoms with Crippen molar-refractivity contribution >= 4 is 0 Å². The average molecular weight is 345 g/mol. The lowest BCUT2D eigenvalue weighted by atomic mass is 10.1. The maximum Gasteiger partial charge on any atom is 0.123 e. The molecule has 0 spiro atoms. The predicted molar refractivity (Wildman–Crippen MR) is 96.8 cm³/mol. The zero-order valence-electron chi connectivity index (χ0n) is 15.4. The third-order valence-electron chi connectivity index (χ3n) is 5.11. The van der Waals surface area contributed by atoms with Crippen LogP contribution in [-0.2, 0) is 26.4 Å². The lowest BCUT2D eigenvalue weighted by Gasteiger charge is -2.25. The molecule has 1 saturated carbocycles. The Hall–Kier alpha value is -1.72. The normalized spacial score (nSPS) is 15.8. The van der Waals surface area contributed by atoms with Crippen molar-refractivity contribution in [1.29, 1.82) is 0 Å². The van der Waals surface area contributed by atoms with Crippen LogP contribution in [0, 0.1) is 5.82 Å². The van der Waals surface area contributed by atoms with E-state index < -0.39 is 6.10 Å².